The van der Waals surface area contributed by atoms with E-state index in [1.807, 2.05) is 35.1 Å². The first-order chi connectivity index (χ1) is 23.6. The van der Waals surface area contributed by atoms with Crippen LogP contribution in [-0.2, 0) is 47.0 Å². The number of carbonyl (C=O) groups excluding carboxylic acids is 5. The van der Waals surface area contributed by atoms with E-state index in [2.05, 4.69) is 17.2 Å². The molecule has 2 saturated carbocycles. The standard InChI is InChI=1S/C33H38F3N5O8S/c1-2-21-14-32(21,30(45)39-50(47,48)23-11-12-23)38-28(43)26-13-22-17-41(26)29(44)25(15-33(34,35)36)37-27(42)10-5-3-4-7-19-8-6-9-20-16-40(18-24(19)20)31(46)49-22/h2,4,6-9,21-23,25-26H,1,3,5,10-18H2,(H,37,42)(H,38,43)(H,39,45)/b7-4+/t21-,22-,25+,26+,32+/m1/s1. The van der Waals surface area contributed by atoms with Crippen LogP contribution in [0.3, 0.4) is 0 Å². The average molecular weight is 722 g/mol. The Labute approximate surface area is 286 Å². The number of amides is 5. The Balaban J connectivity index is 1.28. The predicted molar refractivity (Wildman–Crippen MR) is 171 cm³/mol. The van der Waals surface area contributed by atoms with Crippen molar-refractivity contribution in [3.8, 4) is 0 Å². The van der Waals surface area contributed by atoms with E-state index in [9.17, 15) is 45.6 Å². The Bertz CT molecular complexity index is 1750. The highest BCUT2D eigenvalue weighted by molar-refractivity contribution is 7.91. The van der Waals surface area contributed by atoms with E-state index in [1.54, 1.807) is 0 Å². The van der Waals surface area contributed by atoms with Crippen molar-refractivity contribution < 1.29 is 50.3 Å². The fourth-order valence-corrected chi connectivity index (χ4v) is 8.20. The number of hydrogen-bond acceptors (Lipinski definition) is 8. The molecule has 50 heavy (non-hydrogen) atoms. The normalized spacial score (nSPS) is 29.3. The molecule has 3 aliphatic heterocycles. The van der Waals surface area contributed by atoms with Crippen molar-refractivity contribution in [1.29, 1.82) is 0 Å². The second-order valence-electron chi connectivity index (χ2n) is 13.5. The van der Waals surface area contributed by atoms with E-state index in [1.165, 1.54) is 11.0 Å². The third-order valence-corrected chi connectivity index (χ3v) is 11.6. The van der Waals surface area contributed by atoms with Gasteiger partial charge >= 0.3 is 12.3 Å². The van der Waals surface area contributed by atoms with Crippen molar-refractivity contribution in [1.82, 2.24) is 25.2 Å². The highest BCUT2D eigenvalue weighted by Crippen LogP contribution is 2.45. The molecule has 17 heteroatoms. The number of carbonyl (C=O) groups is 5. The van der Waals surface area contributed by atoms with Gasteiger partial charge in [-0.1, -0.05) is 36.4 Å². The summed E-state index contributed by atoms with van der Waals surface area (Å²) in [5.74, 6) is -4.65. The number of fused-ring (bicyclic) bond motifs is 3. The van der Waals surface area contributed by atoms with Crippen LogP contribution in [0.5, 0.6) is 0 Å². The molecule has 0 unspecified atom stereocenters. The lowest BCUT2D eigenvalue weighted by Crippen LogP contribution is -2.58. The zero-order valence-electron chi connectivity index (χ0n) is 27.0. The van der Waals surface area contributed by atoms with Crippen LogP contribution in [0.15, 0.2) is 36.9 Å². The molecule has 3 N–H and O–H groups in total. The molecule has 13 nitrogen and oxygen atoms in total. The average Bonchev–Trinajstić information content (AvgIpc) is 3.93. The van der Waals surface area contributed by atoms with E-state index in [4.69, 9.17) is 4.74 Å². The zero-order chi connectivity index (χ0) is 36.0. The monoisotopic (exact) mass is 721 g/mol. The molecule has 2 aliphatic carbocycles. The molecule has 1 saturated heterocycles. The van der Waals surface area contributed by atoms with Crippen LogP contribution in [0.2, 0.25) is 0 Å². The van der Waals surface area contributed by atoms with Crippen LogP contribution < -0.4 is 15.4 Å². The van der Waals surface area contributed by atoms with Crippen molar-refractivity contribution in [2.24, 2.45) is 5.92 Å². The number of ether oxygens (including phenoxy) is 1. The fourth-order valence-electron chi connectivity index (χ4n) is 6.83. The van der Waals surface area contributed by atoms with Crippen molar-refractivity contribution in [2.45, 2.75) is 99.6 Å². The van der Waals surface area contributed by atoms with Crippen LogP contribution in [0.4, 0.5) is 18.0 Å². The van der Waals surface area contributed by atoms with Gasteiger partial charge in [-0.05, 0) is 48.8 Å². The van der Waals surface area contributed by atoms with Crippen molar-refractivity contribution in [2.75, 3.05) is 6.54 Å². The maximum atomic E-state index is 13.9. The smallest absolute Gasteiger partial charge is 0.410 e. The number of rotatable bonds is 7. The van der Waals surface area contributed by atoms with Crippen LogP contribution in [0, 0.1) is 5.92 Å². The minimum Gasteiger partial charge on any atom is -0.444 e. The molecule has 5 atom stereocenters. The first-order valence-corrected chi connectivity index (χ1v) is 18.0. The van der Waals surface area contributed by atoms with Crippen LogP contribution >= 0.6 is 0 Å². The number of benzene rings is 1. The highest BCUT2D eigenvalue weighted by Gasteiger charge is 2.62. The quantitative estimate of drug-likeness (QED) is 0.361. The largest absolute Gasteiger partial charge is 0.444 e. The molecule has 0 spiro atoms. The fraction of sp³-hybridized carbons (Fsp3) is 0.545. The first-order valence-electron chi connectivity index (χ1n) is 16.5. The molecule has 5 aliphatic rings. The molecule has 1 aromatic rings. The molecule has 6 rings (SSSR count). The summed E-state index contributed by atoms with van der Waals surface area (Å²) in [6.45, 7) is 3.62. The Morgan fingerprint density at radius 2 is 1.92 bits per heavy atom. The Morgan fingerprint density at radius 3 is 2.60 bits per heavy atom. The van der Waals surface area contributed by atoms with Gasteiger partial charge in [0.2, 0.25) is 27.7 Å². The molecule has 4 bridgehead atoms. The lowest BCUT2D eigenvalue weighted by Gasteiger charge is -2.30. The van der Waals surface area contributed by atoms with Gasteiger partial charge in [-0.15, -0.1) is 6.58 Å². The molecular weight excluding hydrogens is 683 g/mol. The number of halogens is 3. The summed E-state index contributed by atoms with van der Waals surface area (Å²) in [5.41, 5.74) is 0.932. The van der Waals surface area contributed by atoms with Crippen LogP contribution in [0.25, 0.3) is 6.08 Å². The number of alkyl halides is 3. The van der Waals surface area contributed by atoms with Gasteiger partial charge < -0.3 is 20.3 Å². The van der Waals surface area contributed by atoms with Crippen molar-refractivity contribution in [3.05, 3.63) is 53.6 Å². The van der Waals surface area contributed by atoms with Crippen molar-refractivity contribution >= 4 is 45.8 Å². The number of nitrogens with zero attached hydrogens (tertiary/aromatic N) is 2. The predicted octanol–water partition coefficient (Wildman–Crippen LogP) is 2.41. The number of allylic oxidation sites excluding steroid dienone is 1. The van der Waals surface area contributed by atoms with Crippen LogP contribution in [0.1, 0.15) is 68.1 Å². The summed E-state index contributed by atoms with van der Waals surface area (Å²) in [5, 5.41) is 3.99. The van der Waals surface area contributed by atoms with E-state index in [0.29, 0.717) is 19.3 Å². The topological polar surface area (TPSA) is 171 Å². The van der Waals surface area contributed by atoms with E-state index in [-0.39, 0.29) is 38.8 Å². The number of hydrogen-bond donors (Lipinski definition) is 3. The maximum Gasteiger partial charge on any atom is 0.410 e. The summed E-state index contributed by atoms with van der Waals surface area (Å²) in [6, 6.07) is 1.98. The van der Waals surface area contributed by atoms with Gasteiger partial charge in [0.15, 0.2) is 0 Å². The molecule has 3 fully saturated rings. The van der Waals surface area contributed by atoms with Gasteiger partial charge in [0, 0.05) is 25.3 Å². The minimum atomic E-state index is -4.88. The molecular formula is C33H38F3N5O8S. The molecule has 3 heterocycles. The summed E-state index contributed by atoms with van der Waals surface area (Å²) in [7, 11) is -4.00. The Morgan fingerprint density at radius 1 is 1.16 bits per heavy atom. The highest BCUT2D eigenvalue weighted by atomic mass is 32.2. The van der Waals surface area contributed by atoms with Gasteiger partial charge in [0.1, 0.15) is 23.7 Å². The molecule has 1 aromatic carbocycles. The van der Waals surface area contributed by atoms with Crippen LogP contribution in [-0.4, -0.2) is 89.6 Å². The summed E-state index contributed by atoms with van der Waals surface area (Å²) in [4.78, 5) is 69.5. The van der Waals surface area contributed by atoms with E-state index in [0.717, 1.165) is 21.6 Å². The van der Waals surface area contributed by atoms with E-state index < -0.39 is 93.8 Å². The molecule has 0 aromatic heterocycles. The Hall–Kier alpha value is -4.41. The molecule has 270 valence electrons. The summed E-state index contributed by atoms with van der Waals surface area (Å²) < 4.78 is 74.0. The van der Waals surface area contributed by atoms with Gasteiger partial charge in [0.05, 0.1) is 24.8 Å². The minimum absolute atomic E-state index is 0.00748. The van der Waals surface area contributed by atoms with E-state index >= 15 is 0 Å². The summed E-state index contributed by atoms with van der Waals surface area (Å²) in [6.07, 6.45) is -2.49. The van der Waals surface area contributed by atoms with Gasteiger partial charge in [-0.2, -0.15) is 13.2 Å². The second kappa shape index (κ2) is 13.4. The third kappa shape index (κ3) is 7.51. The zero-order valence-corrected chi connectivity index (χ0v) is 27.9. The third-order valence-electron chi connectivity index (χ3n) is 9.78. The van der Waals surface area contributed by atoms with Gasteiger partial charge in [-0.3, -0.25) is 28.8 Å². The van der Waals surface area contributed by atoms with Gasteiger partial charge in [0.25, 0.3) is 5.91 Å². The molecule has 0 radical (unpaired) electrons. The Kier molecular flexibility index (Phi) is 9.47. The van der Waals surface area contributed by atoms with Gasteiger partial charge in [-0.25, -0.2) is 13.2 Å². The molecule has 5 amide bonds. The van der Waals surface area contributed by atoms with Crippen molar-refractivity contribution in [3.63, 3.8) is 0 Å². The number of sulfonamides is 1. The number of nitrogens with one attached hydrogen (secondary N) is 3. The lowest BCUT2D eigenvalue weighted by molar-refractivity contribution is -0.157. The SMILES string of the molecule is C=C[C@@H]1C[C@@]1(NC(=O)[C@@H]1C[C@@H]2CN1C(=O)[C@H](CC(F)(F)F)NC(=O)CCC/C=C/c1cccc3c1CN(C3)C(=O)O2)C(=O)NS(=O)(=O)C1CC1. The maximum absolute atomic E-state index is 13.9. The second-order valence-corrected chi connectivity index (χ2v) is 15.5. The first kappa shape index (κ1) is 35.4. The summed E-state index contributed by atoms with van der Waals surface area (Å²) >= 11 is 0. The lowest BCUT2D eigenvalue weighted by atomic mass is 10.0.